The fourth-order valence-corrected chi connectivity index (χ4v) is 1.67. The Kier molecular flexibility index (Phi) is 4.39. The molecular weight excluding hydrogens is 335 g/mol. The number of hydrogen-bond donors (Lipinski definition) is 0. The number of methoxy groups -OCH3 is 2. The minimum Gasteiger partial charge on any atom is -0.480 e. The lowest BCUT2D eigenvalue weighted by Gasteiger charge is -2.09. The van der Waals surface area contributed by atoms with E-state index in [2.05, 4.69) is 9.72 Å². The van der Waals surface area contributed by atoms with Gasteiger partial charge in [-0.15, -0.1) is 0 Å². The predicted molar refractivity (Wildman–Crippen MR) is 59.8 cm³/mol. The van der Waals surface area contributed by atoms with Crippen LogP contribution in [0.4, 0.5) is 8.78 Å². The summed E-state index contributed by atoms with van der Waals surface area (Å²) in [6.45, 7) is 0. The van der Waals surface area contributed by atoms with Crippen molar-refractivity contribution in [2.75, 3.05) is 14.2 Å². The van der Waals surface area contributed by atoms with E-state index in [1.54, 1.807) is 22.6 Å². The second kappa shape index (κ2) is 5.37. The Morgan fingerprint density at radius 3 is 2.56 bits per heavy atom. The van der Waals surface area contributed by atoms with Crippen LogP contribution in [-0.2, 0) is 4.74 Å². The molecule has 88 valence electrons. The molecule has 0 bridgehead atoms. The van der Waals surface area contributed by atoms with Gasteiger partial charge in [-0.25, -0.2) is 18.6 Å². The lowest BCUT2D eigenvalue weighted by Crippen LogP contribution is -2.08. The van der Waals surface area contributed by atoms with Crippen molar-refractivity contribution in [3.63, 3.8) is 0 Å². The molecule has 7 heteroatoms. The van der Waals surface area contributed by atoms with Gasteiger partial charge in [0.2, 0.25) is 5.88 Å². The fourth-order valence-electron chi connectivity index (χ4n) is 1.06. The summed E-state index contributed by atoms with van der Waals surface area (Å²) in [5.74, 6) is -0.789. The van der Waals surface area contributed by atoms with Gasteiger partial charge >= 0.3 is 5.97 Å². The monoisotopic (exact) mass is 343 g/mol. The van der Waals surface area contributed by atoms with Gasteiger partial charge in [-0.2, -0.15) is 0 Å². The number of carbonyl (C=O) groups is 1. The van der Waals surface area contributed by atoms with Gasteiger partial charge in [0, 0.05) is 0 Å². The van der Waals surface area contributed by atoms with Gasteiger partial charge in [0.1, 0.15) is 9.26 Å². The largest absolute Gasteiger partial charge is 0.480 e. The SMILES string of the molecule is COC(=O)c1cc(C(F)F)c(I)nc1OC. The Bertz CT molecular complexity index is 412. The van der Waals surface area contributed by atoms with Gasteiger partial charge in [-0.05, 0) is 28.7 Å². The lowest BCUT2D eigenvalue weighted by molar-refractivity contribution is 0.0595. The number of ether oxygens (including phenoxy) is 2. The minimum absolute atomic E-state index is 0.0272. The van der Waals surface area contributed by atoms with Gasteiger partial charge in [-0.1, -0.05) is 0 Å². The van der Waals surface area contributed by atoms with Crippen LogP contribution in [0.1, 0.15) is 22.3 Å². The maximum absolute atomic E-state index is 12.6. The van der Waals surface area contributed by atoms with Crippen LogP contribution >= 0.6 is 22.6 Å². The molecule has 4 nitrogen and oxygen atoms in total. The van der Waals surface area contributed by atoms with Crippen molar-refractivity contribution in [2.45, 2.75) is 6.43 Å². The first-order valence-corrected chi connectivity index (χ1v) is 5.20. The fraction of sp³-hybridized carbons (Fsp3) is 0.333. The summed E-state index contributed by atoms with van der Waals surface area (Å²) in [4.78, 5) is 15.1. The molecule has 0 atom stereocenters. The van der Waals surface area contributed by atoms with Gasteiger partial charge in [0.25, 0.3) is 6.43 Å². The van der Waals surface area contributed by atoms with Crippen LogP contribution in [0.25, 0.3) is 0 Å². The van der Waals surface area contributed by atoms with Crippen molar-refractivity contribution in [3.8, 4) is 5.88 Å². The molecule has 0 aliphatic heterocycles. The highest BCUT2D eigenvalue weighted by atomic mass is 127. The lowest BCUT2D eigenvalue weighted by atomic mass is 10.2. The van der Waals surface area contributed by atoms with E-state index in [9.17, 15) is 13.6 Å². The average molecular weight is 343 g/mol. The number of pyridine rings is 1. The zero-order valence-electron chi connectivity index (χ0n) is 8.46. The van der Waals surface area contributed by atoms with Gasteiger partial charge < -0.3 is 9.47 Å². The van der Waals surface area contributed by atoms with Crippen LogP contribution in [0.3, 0.4) is 0 Å². The molecule has 0 saturated carbocycles. The Balaban J connectivity index is 3.34. The van der Waals surface area contributed by atoms with Crippen LogP contribution in [0.15, 0.2) is 6.07 Å². The number of hydrogen-bond acceptors (Lipinski definition) is 4. The summed E-state index contributed by atoms with van der Waals surface area (Å²) in [5, 5.41) is 0. The molecule has 1 heterocycles. The summed E-state index contributed by atoms with van der Waals surface area (Å²) in [6, 6.07) is 1.03. The second-order valence-corrected chi connectivity index (χ2v) is 3.74. The van der Waals surface area contributed by atoms with Crippen molar-refractivity contribution in [1.82, 2.24) is 4.98 Å². The normalized spacial score (nSPS) is 10.4. The van der Waals surface area contributed by atoms with Crippen molar-refractivity contribution in [2.24, 2.45) is 0 Å². The van der Waals surface area contributed by atoms with E-state index < -0.39 is 12.4 Å². The predicted octanol–water partition coefficient (Wildman–Crippen LogP) is 2.42. The quantitative estimate of drug-likeness (QED) is 0.481. The number of aromatic nitrogens is 1. The molecule has 1 rings (SSSR count). The minimum atomic E-state index is -2.70. The smallest absolute Gasteiger partial charge is 0.343 e. The molecule has 1 aromatic heterocycles. The molecule has 16 heavy (non-hydrogen) atoms. The highest BCUT2D eigenvalue weighted by Gasteiger charge is 2.21. The van der Waals surface area contributed by atoms with Crippen LogP contribution in [0, 0.1) is 3.70 Å². The van der Waals surface area contributed by atoms with Gasteiger partial charge in [-0.3, -0.25) is 0 Å². The van der Waals surface area contributed by atoms with E-state index in [4.69, 9.17) is 4.74 Å². The van der Waals surface area contributed by atoms with E-state index >= 15 is 0 Å². The Morgan fingerprint density at radius 2 is 2.12 bits per heavy atom. The molecule has 0 N–H and O–H groups in total. The topological polar surface area (TPSA) is 48.4 Å². The summed E-state index contributed by atoms with van der Waals surface area (Å²) in [6.07, 6.45) is -2.70. The zero-order valence-corrected chi connectivity index (χ0v) is 10.6. The maximum atomic E-state index is 12.6. The summed E-state index contributed by atoms with van der Waals surface area (Å²) >= 11 is 1.65. The number of carbonyl (C=O) groups excluding carboxylic acids is 1. The number of rotatable bonds is 3. The third-order valence-electron chi connectivity index (χ3n) is 1.80. The molecule has 0 spiro atoms. The number of halogens is 3. The standard InChI is InChI=1S/C9H8F2INO3/c1-15-8-5(9(14)16-2)3-4(6(10)11)7(12)13-8/h3,6H,1-2H3. The van der Waals surface area contributed by atoms with E-state index in [0.717, 1.165) is 13.2 Å². The molecule has 0 radical (unpaired) electrons. The third-order valence-corrected chi connectivity index (χ3v) is 2.67. The van der Waals surface area contributed by atoms with E-state index in [-0.39, 0.29) is 20.7 Å². The van der Waals surface area contributed by atoms with Crippen LogP contribution < -0.4 is 4.74 Å². The zero-order chi connectivity index (χ0) is 12.3. The summed E-state index contributed by atoms with van der Waals surface area (Å²) in [7, 11) is 2.45. The molecule has 0 aromatic carbocycles. The molecule has 0 aliphatic carbocycles. The first kappa shape index (κ1) is 13.1. The molecule has 0 saturated heterocycles. The Hall–Kier alpha value is -0.990. The van der Waals surface area contributed by atoms with Crippen molar-refractivity contribution < 1.29 is 23.0 Å². The van der Waals surface area contributed by atoms with Crippen LogP contribution in [-0.4, -0.2) is 25.2 Å². The van der Waals surface area contributed by atoms with Crippen molar-refractivity contribution in [3.05, 3.63) is 20.9 Å². The summed E-state index contributed by atoms with van der Waals surface area (Å²) in [5.41, 5.74) is -0.428. The highest BCUT2D eigenvalue weighted by molar-refractivity contribution is 14.1. The number of nitrogens with zero attached hydrogens (tertiary/aromatic N) is 1. The van der Waals surface area contributed by atoms with Gasteiger partial charge in [0.15, 0.2) is 0 Å². The Morgan fingerprint density at radius 1 is 1.50 bits per heavy atom. The first-order valence-electron chi connectivity index (χ1n) is 4.12. The van der Waals surface area contributed by atoms with Crippen molar-refractivity contribution >= 4 is 28.6 Å². The number of esters is 1. The molecule has 0 fully saturated rings. The van der Waals surface area contributed by atoms with Crippen LogP contribution in [0.2, 0.25) is 0 Å². The third kappa shape index (κ3) is 2.57. The molecule has 1 aromatic rings. The maximum Gasteiger partial charge on any atom is 0.343 e. The highest BCUT2D eigenvalue weighted by Crippen LogP contribution is 2.28. The average Bonchev–Trinajstić information content (AvgIpc) is 2.27. The molecule has 0 amide bonds. The van der Waals surface area contributed by atoms with Crippen molar-refractivity contribution in [1.29, 1.82) is 0 Å². The Labute approximate surface area is 104 Å². The van der Waals surface area contributed by atoms with Crippen LogP contribution in [0.5, 0.6) is 5.88 Å². The van der Waals surface area contributed by atoms with E-state index in [1.807, 2.05) is 0 Å². The first-order chi connectivity index (χ1) is 7.51. The second-order valence-electron chi connectivity index (χ2n) is 2.72. The van der Waals surface area contributed by atoms with Gasteiger partial charge in [0.05, 0.1) is 19.8 Å². The van der Waals surface area contributed by atoms with E-state index in [1.165, 1.54) is 7.11 Å². The molecular formula is C9H8F2INO3. The molecule has 0 aliphatic rings. The molecule has 0 unspecified atom stereocenters. The van der Waals surface area contributed by atoms with E-state index in [0.29, 0.717) is 0 Å². The summed E-state index contributed by atoms with van der Waals surface area (Å²) < 4.78 is 34.5. The number of alkyl halides is 2.